The fourth-order valence-electron chi connectivity index (χ4n) is 3.41. The lowest BCUT2D eigenvalue weighted by atomic mass is 9.91. The minimum Gasteiger partial charge on any atom is -0.324 e. The van der Waals surface area contributed by atoms with Crippen molar-refractivity contribution in [3.63, 3.8) is 0 Å². The van der Waals surface area contributed by atoms with E-state index < -0.39 is 0 Å². The zero-order valence-electron chi connectivity index (χ0n) is 14.0. The summed E-state index contributed by atoms with van der Waals surface area (Å²) >= 11 is 0. The minimum absolute atomic E-state index is 0.0342. The molecule has 2 rings (SSSR count). The first kappa shape index (κ1) is 16.7. The number of carbonyl (C=O) groups excluding carboxylic acids is 2. The molecule has 0 spiro atoms. The Kier molecular flexibility index (Phi) is 5.35. The van der Waals surface area contributed by atoms with Crippen molar-refractivity contribution in [2.45, 2.75) is 40.2 Å². The van der Waals surface area contributed by atoms with Crippen LogP contribution in [0.5, 0.6) is 0 Å². The smallest absolute Gasteiger partial charge is 0.282 e. The second-order valence-corrected chi connectivity index (χ2v) is 6.86. The average Bonchev–Trinajstić information content (AvgIpc) is 2.46. The molecule has 0 unspecified atom stereocenters. The van der Waals surface area contributed by atoms with Gasteiger partial charge < -0.3 is 10.2 Å². The molecular weight excluding hydrogens is 276 g/mol. The molecule has 2 N–H and O–H groups in total. The molecule has 120 valence electrons. The largest absolute Gasteiger partial charge is 0.324 e. The maximum atomic E-state index is 12.4. The second-order valence-electron chi connectivity index (χ2n) is 6.86. The molecule has 4 nitrogen and oxygen atoms in total. The molecule has 1 aromatic rings. The lowest BCUT2D eigenvalue weighted by Crippen LogP contribution is -3.18. The molecule has 1 amide bonds. The highest BCUT2D eigenvalue weighted by Crippen LogP contribution is 2.13. The number of nitrogens with one attached hydrogen (secondary N) is 2. The number of benzene rings is 1. The molecule has 0 aliphatic carbocycles. The average molecular weight is 303 g/mol. The van der Waals surface area contributed by atoms with Gasteiger partial charge in [0.05, 0.1) is 13.1 Å². The molecule has 3 atom stereocenters. The van der Waals surface area contributed by atoms with Gasteiger partial charge in [-0.25, -0.2) is 0 Å². The highest BCUT2D eigenvalue weighted by molar-refractivity contribution is 5.96. The van der Waals surface area contributed by atoms with Gasteiger partial charge in [0.25, 0.3) is 5.91 Å². The number of amides is 1. The van der Waals surface area contributed by atoms with Gasteiger partial charge in [-0.2, -0.15) is 0 Å². The van der Waals surface area contributed by atoms with Crippen molar-refractivity contribution in [1.29, 1.82) is 0 Å². The summed E-state index contributed by atoms with van der Waals surface area (Å²) in [6, 6.07) is 7.02. The predicted molar refractivity (Wildman–Crippen MR) is 88.2 cm³/mol. The Morgan fingerprint density at radius 1 is 1.14 bits per heavy atom. The van der Waals surface area contributed by atoms with Gasteiger partial charge in [-0.05, 0) is 44.5 Å². The third kappa shape index (κ3) is 4.17. The minimum atomic E-state index is -0.0577. The fraction of sp³-hybridized carbons (Fsp3) is 0.556. The third-order valence-corrected chi connectivity index (χ3v) is 4.59. The number of hydrogen-bond acceptors (Lipinski definition) is 2. The van der Waals surface area contributed by atoms with Crippen LogP contribution in [0, 0.1) is 11.8 Å². The molecule has 1 fully saturated rings. The lowest BCUT2D eigenvalue weighted by Gasteiger charge is -2.35. The molecule has 1 heterocycles. The number of likely N-dealkylation sites (tertiary alicyclic amines) is 1. The number of quaternary nitrogens is 1. The Balaban J connectivity index is 1.97. The van der Waals surface area contributed by atoms with Gasteiger partial charge in [-0.3, -0.25) is 9.59 Å². The van der Waals surface area contributed by atoms with Gasteiger partial charge in [0, 0.05) is 23.1 Å². The predicted octanol–water partition coefficient (Wildman–Crippen LogP) is 1.78. The Hall–Kier alpha value is -1.68. The summed E-state index contributed by atoms with van der Waals surface area (Å²) in [5.74, 6) is 1.42. The summed E-state index contributed by atoms with van der Waals surface area (Å²) < 4.78 is 0. The quantitative estimate of drug-likeness (QED) is 0.833. The molecule has 0 aromatic heterocycles. The molecular formula is C18H27N2O2+. The zero-order valence-corrected chi connectivity index (χ0v) is 14.0. The van der Waals surface area contributed by atoms with Crippen molar-refractivity contribution in [3.8, 4) is 0 Å². The molecule has 1 aliphatic rings. The Morgan fingerprint density at radius 3 is 2.18 bits per heavy atom. The molecule has 1 saturated heterocycles. The van der Waals surface area contributed by atoms with E-state index in [4.69, 9.17) is 0 Å². The van der Waals surface area contributed by atoms with Gasteiger partial charge in [-0.15, -0.1) is 0 Å². The zero-order chi connectivity index (χ0) is 16.3. The number of Topliss-reactive ketones (excluding diaryl/α,β-unsaturated/α-hetero) is 1. The van der Waals surface area contributed by atoms with Crippen LogP contribution in [0.1, 0.15) is 44.5 Å². The number of ketones is 1. The molecule has 0 radical (unpaired) electrons. The van der Waals surface area contributed by atoms with E-state index in [2.05, 4.69) is 19.2 Å². The topological polar surface area (TPSA) is 50.6 Å². The van der Waals surface area contributed by atoms with E-state index in [1.54, 1.807) is 24.3 Å². The van der Waals surface area contributed by atoms with Crippen LogP contribution in [0.15, 0.2) is 24.3 Å². The monoisotopic (exact) mass is 303 g/mol. The molecule has 1 aliphatic heterocycles. The van der Waals surface area contributed by atoms with Crippen LogP contribution < -0.4 is 10.2 Å². The first-order valence-electron chi connectivity index (χ1n) is 8.13. The number of carbonyl (C=O) groups is 2. The van der Waals surface area contributed by atoms with E-state index in [0.717, 1.165) is 18.8 Å². The van der Waals surface area contributed by atoms with Gasteiger partial charge in [-0.1, -0.05) is 13.8 Å². The maximum absolute atomic E-state index is 12.4. The van der Waals surface area contributed by atoms with Crippen molar-refractivity contribution in [2.24, 2.45) is 11.8 Å². The summed E-state index contributed by atoms with van der Waals surface area (Å²) in [6.45, 7) is 10.2. The molecule has 22 heavy (non-hydrogen) atoms. The van der Waals surface area contributed by atoms with Gasteiger partial charge >= 0.3 is 0 Å². The van der Waals surface area contributed by atoms with Crippen LogP contribution >= 0.6 is 0 Å². The summed E-state index contributed by atoms with van der Waals surface area (Å²) in [5.41, 5.74) is 1.41. The molecule has 0 bridgehead atoms. The Morgan fingerprint density at radius 2 is 1.68 bits per heavy atom. The fourth-order valence-corrected chi connectivity index (χ4v) is 3.41. The van der Waals surface area contributed by atoms with Crippen molar-refractivity contribution < 1.29 is 14.5 Å². The highest BCUT2D eigenvalue weighted by atomic mass is 16.2. The Labute approximate surface area is 132 Å². The summed E-state index contributed by atoms with van der Waals surface area (Å²) in [4.78, 5) is 25.1. The SMILES string of the molecule is CC(=O)c1ccc(NC(=O)[C@H](C)[NH+]2C[C@@H](C)C[C@H](C)C2)cc1. The molecule has 0 saturated carbocycles. The number of hydrogen-bond donors (Lipinski definition) is 2. The van der Waals surface area contributed by atoms with E-state index >= 15 is 0 Å². The summed E-state index contributed by atoms with van der Waals surface area (Å²) in [7, 11) is 0. The second kappa shape index (κ2) is 7.05. The van der Waals surface area contributed by atoms with E-state index in [0.29, 0.717) is 17.4 Å². The standard InChI is InChI=1S/C18H26N2O2/c1-12-9-13(2)11-20(10-12)14(3)18(22)19-17-7-5-16(6-8-17)15(4)21/h5-8,12-14H,9-11H2,1-4H3,(H,19,22)/p+1/t12-,13-,14-/m0/s1. The molecule has 1 aromatic carbocycles. The number of rotatable bonds is 4. The van der Waals surface area contributed by atoms with E-state index in [-0.39, 0.29) is 17.7 Å². The summed E-state index contributed by atoms with van der Waals surface area (Å²) in [6.07, 6.45) is 1.25. The van der Waals surface area contributed by atoms with Crippen LogP contribution in [-0.4, -0.2) is 30.8 Å². The number of piperidine rings is 1. The van der Waals surface area contributed by atoms with Gasteiger partial charge in [0.15, 0.2) is 11.8 Å². The Bertz CT molecular complexity index is 529. The van der Waals surface area contributed by atoms with Crippen LogP contribution in [0.2, 0.25) is 0 Å². The third-order valence-electron chi connectivity index (χ3n) is 4.59. The first-order chi connectivity index (χ1) is 10.4. The van der Waals surface area contributed by atoms with Gasteiger partial charge in [0.2, 0.25) is 0 Å². The number of anilines is 1. The van der Waals surface area contributed by atoms with Crippen LogP contribution in [0.4, 0.5) is 5.69 Å². The van der Waals surface area contributed by atoms with Crippen molar-refractivity contribution in [3.05, 3.63) is 29.8 Å². The normalized spacial score (nSPS) is 26.3. The van der Waals surface area contributed by atoms with E-state index in [1.807, 2.05) is 6.92 Å². The molecule has 4 heteroatoms. The van der Waals surface area contributed by atoms with Crippen molar-refractivity contribution >= 4 is 17.4 Å². The highest BCUT2D eigenvalue weighted by Gasteiger charge is 2.32. The first-order valence-corrected chi connectivity index (χ1v) is 8.13. The van der Waals surface area contributed by atoms with Crippen LogP contribution in [0.25, 0.3) is 0 Å². The van der Waals surface area contributed by atoms with Gasteiger partial charge in [0.1, 0.15) is 0 Å². The van der Waals surface area contributed by atoms with Crippen molar-refractivity contribution in [1.82, 2.24) is 0 Å². The lowest BCUT2D eigenvalue weighted by molar-refractivity contribution is -0.925. The van der Waals surface area contributed by atoms with E-state index in [9.17, 15) is 9.59 Å². The maximum Gasteiger partial charge on any atom is 0.282 e. The van der Waals surface area contributed by atoms with Crippen molar-refractivity contribution in [2.75, 3.05) is 18.4 Å². The van der Waals surface area contributed by atoms with Crippen LogP contribution in [0.3, 0.4) is 0 Å². The van der Waals surface area contributed by atoms with E-state index in [1.165, 1.54) is 18.2 Å². The van der Waals surface area contributed by atoms with Crippen LogP contribution in [-0.2, 0) is 4.79 Å². The summed E-state index contributed by atoms with van der Waals surface area (Å²) in [5, 5.41) is 2.96.